The molecule has 1 atom stereocenters. The summed E-state index contributed by atoms with van der Waals surface area (Å²) in [6.07, 6.45) is 4.38. The fourth-order valence-electron chi connectivity index (χ4n) is 1.89. The molecule has 0 saturated heterocycles. The minimum Gasteiger partial charge on any atom is -0.363 e. The molecule has 2 N–H and O–H groups in total. The topological polar surface area (TPSA) is 36.4 Å². The highest BCUT2D eigenvalue weighted by Crippen LogP contribution is 2.30. The quantitative estimate of drug-likeness (QED) is 0.814. The molecule has 1 unspecified atom stereocenters. The van der Waals surface area contributed by atoms with Crippen molar-refractivity contribution in [2.75, 3.05) is 11.9 Å². The van der Waals surface area contributed by atoms with E-state index in [-0.39, 0.29) is 6.17 Å². The van der Waals surface area contributed by atoms with E-state index in [2.05, 4.69) is 10.3 Å². The van der Waals surface area contributed by atoms with E-state index >= 15 is 0 Å². The minimum absolute atomic E-state index is 0.0927. The molecule has 1 aromatic rings. The maximum Gasteiger partial charge on any atom is 0.162 e. The van der Waals surface area contributed by atoms with Crippen LogP contribution in [0.25, 0.3) is 0 Å². The standard InChI is InChI=1S/C13H17N3/c1-9-2-5-11-12(6-9)16-13(8-14-11)15-7-10-3-4-10/h2,5-6,8,10,13,15-16H,3-4,7H2,1H3/i/hD. The van der Waals surface area contributed by atoms with Crippen LogP contribution in [-0.2, 0) is 0 Å². The lowest BCUT2D eigenvalue weighted by atomic mass is 10.1. The number of anilines is 1. The summed E-state index contributed by atoms with van der Waals surface area (Å²) in [5, 5.41) is 4.91. The Labute approximate surface area is 97.4 Å². The average molecular weight is 216 g/mol. The molecule has 0 spiro atoms. The Morgan fingerprint density at radius 3 is 3.25 bits per heavy atom. The first-order valence-corrected chi connectivity index (χ1v) is 5.90. The van der Waals surface area contributed by atoms with Gasteiger partial charge in [0.25, 0.3) is 0 Å². The Morgan fingerprint density at radius 2 is 2.44 bits per heavy atom. The summed E-state index contributed by atoms with van der Waals surface area (Å²) < 4.78 is 8.15. The number of nitrogens with one attached hydrogen (secondary N) is 2. The summed E-state index contributed by atoms with van der Waals surface area (Å²) in [5.41, 5.74) is 2.94. The molecule has 0 bridgehead atoms. The third-order valence-electron chi connectivity index (χ3n) is 3.08. The maximum absolute atomic E-state index is 8.15. The van der Waals surface area contributed by atoms with Gasteiger partial charge in [-0.1, -0.05) is 6.07 Å². The van der Waals surface area contributed by atoms with Crippen LogP contribution in [0.5, 0.6) is 0 Å². The van der Waals surface area contributed by atoms with E-state index in [9.17, 15) is 0 Å². The molecule has 1 aliphatic carbocycles. The maximum atomic E-state index is 8.15. The third-order valence-corrected chi connectivity index (χ3v) is 3.08. The van der Waals surface area contributed by atoms with E-state index in [1.54, 1.807) is 0 Å². The second-order valence-electron chi connectivity index (χ2n) is 4.70. The molecule has 3 nitrogen and oxygen atoms in total. The van der Waals surface area contributed by atoms with Crippen LogP contribution in [0.15, 0.2) is 23.2 Å². The lowest BCUT2D eigenvalue weighted by Crippen LogP contribution is -2.40. The lowest BCUT2D eigenvalue weighted by molar-refractivity contribution is 0.625. The Hall–Kier alpha value is -1.35. The van der Waals surface area contributed by atoms with Crippen molar-refractivity contribution in [2.45, 2.75) is 25.9 Å². The number of fused-ring (bicyclic) bond motifs is 1. The van der Waals surface area contributed by atoms with Gasteiger partial charge in [0, 0.05) is 12.8 Å². The smallest absolute Gasteiger partial charge is 0.162 e. The Kier molecular flexibility index (Phi) is 2.14. The summed E-state index contributed by atoms with van der Waals surface area (Å²) in [7, 11) is 0. The monoisotopic (exact) mass is 216 g/mol. The van der Waals surface area contributed by atoms with Crippen molar-refractivity contribution in [3.05, 3.63) is 23.8 Å². The fraction of sp³-hybridized carbons (Fsp3) is 0.462. The van der Waals surface area contributed by atoms with Crippen LogP contribution in [0.3, 0.4) is 0 Å². The fourth-order valence-corrected chi connectivity index (χ4v) is 1.89. The Bertz CT molecular complexity index is 454. The average Bonchev–Trinajstić information content (AvgIpc) is 3.13. The molecular weight excluding hydrogens is 198 g/mol. The van der Waals surface area contributed by atoms with Crippen LogP contribution in [0, 0.1) is 12.8 Å². The van der Waals surface area contributed by atoms with Gasteiger partial charge in [-0.15, -0.1) is 0 Å². The van der Waals surface area contributed by atoms with Crippen molar-refractivity contribution in [1.82, 2.24) is 5.32 Å². The number of hydrogen-bond acceptors (Lipinski definition) is 3. The zero-order valence-corrected chi connectivity index (χ0v) is 9.48. The second-order valence-corrected chi connectivity index (χ2v) is 4.70. The summed E-state index contributed by atoms with van der Waals surface area (Å²) in [4.78, 5) is 4.42. The van der Waals surface area contributed by atoms with Gasteiger partial charge in [0.15, 0.2) is 1.41 Å². The molecule has 1 heterocycles. The molecule has 84 valence electrons. The lowest BCUT2D eigenvalue weighted by Gasteiger charge is -2.22. The van der Waals surface area contributed by atoms with Crippen molar-refractivity contribution >= 4 is 17.6 Å². The zero-order chi connectivity index (χ0) is 11.8. The number of aliphatic imine (C=N–C) groups is 1. The van der Waals surface area contributed by atoms with Crippen LogP contribution >= 0.6 is 0 Å². The normalized spacial score (nSPS) is 24.2. The predicted molar refractivity (Wildman–Crippen MR) is 67.5 cm³/mol. The first kappa shape index (κ1) is 8.76. The van der Waals surface area contributed by atoms with E-state index in [0.717, 1.165) is 23.8 Å². The van der Waals surface area contributed by atoms with Crippen LogP contribution in [0.4, 0.5) is 11.4 Å². The van der Waals surface area contributed by atoms with Crippen molar-refractivity contribution in [1.29, 1.82) is 0 Å². The van der Waals surface area contributed by atoms with Gasteiger partial charge in [-0.3, -0.25) is 10.3 Å². The van der Waals surface area contributed by atoms with Gasteiger partial charge in [-0.25, -0.2) is 0 Å². The molecule has 1 aliphatic heterocycles. The molecule has 1 fully saturated rings. The predicted octanol–water partition coefficient (Wildman–Crippen LogP) is 2.45. The molecule has 1 aromatic carbocycles. The summed E-state index contributed by atoms with van der Waals surface area (Å²) in [6.45, 7) is 3.03. The van der Waals surface area contributed by atoms with E-state index in [1.807, 2.05) is 31.3 Å². The molecule has 0 aromatic heterocycles. The number of nitrogens with zero attached hydrogens (tertiary/aromatic N) is 1. The van der Waals surface area contributed by atoms with Gasteiger partial charge in [-0.2, -0.15) is 0 Å². The SMILES string of the molecule is [2H]N1c2cc(C)ccc2N=CC1NCC1CC1. The molecule has 0 amide bonds. The molecule has 16 heavy (non-hydrogen) atoms. The van der Waals surface area contributed by atoms with Crippen LogP contribution < -0.4 is 10.6 Å². The minimum atomic E-state index is -0.0927. The molecule has 0 radical (unpaired) electrons. The van der Waals surface area contributed by atoms with Crippen molar-refractivity contribution in [3.8, 4) is 0 Å². The largest absolute Gasteiger partial charge is 0.363 e. The van der Waals surface area contributed by atoms with Gasteiger partial charge in [-0.05, 0) is 43.4 Å². The van der Waals surface area contributed by atoms with E-state index in [4.69, 9.17) is 1.41 Å². The van der Waals surface area contributed by atoms with Gasteiger partial charge < -0.3 is 5.31 Å². The molecule has 1 saturated carbocycles. The van der Waals surface area contributed by atoms with Crippen LogP contribution in [0.1, 0.15) is 18.4 Å². The number of aryl methyl sites for hydroxylation is 1. The van der Waals surface area contributed by atoms with Crippen LogP contribution in [-0.4, -0.2) is 18.9 Å². The van der Waals surface area contributed by atoms with Gasteiger partial charge in [0.2, 0.25) is 0 Å². The van der Waals surface area contributed by atoms with E-state index < -0.39 is 0 Å². The summed E-state index contributed by atoms with van der Waals surface area (Å²) in [5.74, 6) is 0.815. The van der Waals surface area contributed by atoms with Gasteiger partial charge >= 0.3 is 0 Å². The van der Waals surface area contributed by atoms with Crippen molar-refractivity contribution < 1.29 is 1.41 Å². The third kappa shape index (κ3) is 2.09. The van der Waals surface area contributed by atoms with Crippen molar-refractivity contribution in [3.63, 3.8) is 0 Å². The first-order chi connectivity index (χ1) is 8.24. The van der Waals surface area contributed by atoms with E-state index in [1.165, 1.54) is 23.7 Å². The highest BCUT2D eigenvalue weighted by molar-refractivity contribution is 5.82. The molecule has 2 aliphatic rings. The van der Waals surface area contributed by atoms with E-state index in [0.29, 0.717) is 0 Å². The molecule has 3 heteroatoms. The summed E-state index contributed by atoms with van der Waals surface area (Å²) in [6, 6.07) is 6.02. The molecular formula is C13H17N3. The number of benzene rings is 1. The second kappa shape index (κ2) is 3.91. The Balaban J connectivity index is 1.77. The van der Waals surface area contributed by atoms with Crippen molar-refractivity contribution in [2.24, 2.45) is 10.9 Å². The summed E-state index contributed by atoms with van der Waals surface area (Å²) >= 11 is 0. The first-order valence-electron chi connectivity index (χ1n) is 6.35. The number of rotatable bonds is 3. The molecule has 3 rings (SSSR count). The highest BCUT2D eigenvalue weighted by atomic mass is 15.2. The number of hydrogen-bond donors (Lipinski definition) is 2. The highest BCUT2D eigenvalue weighted by Gasteiger charge is 2.22. The van der Waals surface area contributed by atoms with Gasteiger partial charge in [0.1, 0.15) is 6.17 Å². The van der Waals surface area contributed by atoms with Gasteiger partial charge in [0.05, 0.1) is 11.4 Å². The zero-order valence-electron chi connectivity index (χ0n) is 10.5. The van der Waals surface area contributed by atoms with Crippen LogP contribution in [0.2, 0.25) is 1.41 Å². The Morgan fingerprint density at radius 1 is 1.56 bits per heavy atom.